The number of H-pyrrole nitrogens is 1. The normalized spacial score (nSPS) is 16.1. The second-order valence-electron chi connectivity index (χ2n) is 8.42. The van der Waals surface area contributed by atoms with Gasteiger partial charge in [-0.15, -0.1) is 0 Å². The summed E-state index contributed by atoms with van der Waals surface area (Å²) >= 11 is 0. The summed E-state index contributed by atoms with van der Waals surface area (Å²) in [7, 11) is 1.76. The number of aryl methyl sites for hydroxylation is 1. The molecule has 0 radical (unpaired) electrons. The molecule has 0 fully saturated rings. The number of anilines is 2. The van der Waals surface area contributed by atoms with E-state index in [0.29, 0.717) is 30.1 Å². The maximum atomic E-state index is 12.7. The van der Waals surface area contributed by atoms with Crippen LogP contribution in [-0.2, 0) is 27.7 Å². The number of fused-ring (bicyclic) bond motifs is 3. The lowest BCUT2D eigenvalue weighted by Crippen LogP contribution is -2.37. The fourth-order valence-electron chi connectivity index (χ4n) is 4.10. The first kappa shape index (κ1) is 23.1. The van der Waals surface area contributed by atoms with E-state index in [4.69, 9.17) is 0 Å². The summed E-state index contributed by atoms with van der Waals surface area (Å²) in [4.78, 5) is 27.1. The number of nitrogens with one attached hydrogen (secondary N) is 4. The number of sulfonamides is 1. The molecule has 1 atom stereocenters. The van der Waals surface area contributed by atoms with Crippen molar-refractivity contribution in [3.8, 4) is 0 Å². The average molecular weight is 472 g/mol. The minimum absolute atomic E-state index is 0.0631. The monoisotopic (exact) mass is 471 g/mol. The number of benzene rings is 1. The molecular formula is C22H29N7O3S. The molecule has 33 heavy (non-hydrogen) atoms. The summed E-state index contributed by atoms with van der Waals surface area (Å²) in [6.07, 6.45) is 3.59. The average Bonchev–Trinajstić information content (AvgIpc) is 3.17. The Kier molecular flexibility index (Phi) is 6.63. The molecule has 0 saturated carbocycles. The topological polar surface area (TPSA) is 132 Å². The third kappa shape index (κ3) is 5.00. The molecule has 1 amide bonds. The van der Waals surface area contributed by atoms with Gasteiger partial charge in [0.1, 0.15) is 17.8 Å². The highest BCUT2D eigenvalue weighted by atomic mass is 32.2. The Labute approximate surface area is 193 Å². The Morgan fingerprint density at radius 1 is 1.27 bits per heavy atom. The SMILES string of the molecule is CNS(=O)(=O)c1cccc(Nc2ncnc3[nH]c4c(c23)CC(C(=O)NCCN(C)C)CC4)c1. The third-order valence-electron chi connectivity index (χ3n) is 5.88. The van der Waals surface area contributed by atoms with Crippen molar-refractivity contribution in [1.82, 2.24) is 29.9 Å². The number of hydrogen-bond acceptors (Lipinski definition) is 7. The number of nitrogens with zero attached hydrogens (tertiary/aromatic N) is 3. The van der Waals surface area contributed by atoms with Crippen molar-refractivity contribution in [3.05, 3.63) is 41.9 Å². The number of hydrogen-bond donors (Lipinski definition) is 4. The van der Waals surface area contributed by atoms with Crippen molar-refractivity contribution in [2.45, 2.75) is 24.2 Å². The largest absolute Gasteiger partial charge is 0.355 e. The van der Waals surface area contributed by atoms with E-state index < -0.39 is 10.0 Å². The first-order valence-corrected chi connectivity index (χ1v) is 12.3. The summed E-state index contributed by atoms with van der Waals surface area (Å²) in [5.41, 5.74) is 3.39. The predicted molar refractivity (Wildman–Crippen MR) is 127 cm³/mol. The van der Waals surface area contributed by atoms with Gasteiger partial charge in [-0.05, 0) is 64.2 Å². The van der Waals surface area contributed by atoms with Crippen molar-refractivity contribution in [2.75, 3.05) is 39.5 Å². The van der Waals surface area contributed by atoms with Gasteiger partial charge in [-0.3, -0.25) is 4.79 Å². The molecule has 1 aliphatic rings. The first-order chi connectivity index (χ1) is 15.8. The number of carbonyl (C=O) groups is 1. The van der Waals surface area contributed by atoms with E-state index in [1.54, 1.807) is 18.2 Å². The highest BCUT2D eigenvalue weighted by molar-refractivity contribution is 7.89. The Morgan fingerprint density at radius 3 is 2.85 bits per heavy atom. The molecule has 0 spiro atoms. The molecule has 0 aliphatic heterocycles. The molecule has 1 aliphatic carbocycles. The van der Waals surface area contributed by atoms with Crippen molar-refractivity contribution in [1.29, 1.82) is 0 Å². The van der Waals surface area contributed by atoms with E-state index in [2.05, 4.69) is 30.3 Å². The van der Waals surface area contributed by atoms with E-state index in [0.717, 1.165) is 36.0 Å². The van der Waals surface area contributed by atoms with E-state index >= 15 is 0 Å². The molecule has 2 heterocycles. The second kappa shape index (κ2) is 9.46. The van der Waals surface area contributed by atoms with Gasteiger partial charge in [-0.25, -0.2) is 23.1 Å². The quantitative estimate of drug-likeness (QED) is 0.390. The first-order valence-electron chi connectivity index (χ1n) is 10.9. The number of amides is 1. The van der Waals surface area contributed by atoms with Crippen LogP contribution < -0.4 is 15.4 Å². The maximum Gasteiger partial charge on any atom is 0.240 e. The zero-order chi connectivity index (χ0) is 23.6. The van der Waals surface area contributed by atoms with Gasteiger partial charge < -0.3 is 20.5 Å². The molecule has 1 aromatic carbocycles. The van der Waals surface area contributed by atoms with E-state index in [1.165, 1.54) is 19.4 Å². The van der Waals surface area contributed by atoms with Crippen LogP contribution in [0.1, 0.15) is 17.7 Å². The summed E-state index contributed by atoms with van der Waals surface area (Å²) in [5, 5.41) is 7.11. The molecule has 10 nitrogen and oxygen atoms in total. The van der Waals surface area contributed by atoms with Crippen LogP contribution in [0.15, 0.2) is 35.5 Å². The third-order valence-corrected chi connectivity index (χ3v) is 7.29. The summed E-state index contributed by atoms with van der Waals surface area (Å²) < 4.78 is 26.7. The molecule has 0 bridgehead atoms. The minimum Gasteiger partial charge on any atom is -0.355 e. The van der Waals surface area contributed by atoms with Gasteiger partial charge in [-0.2, -0.15) is 0 Å². The van der Waals surface area contributed by atoms with Crippen molar-refractivity contribution >= 4 is 38.5 Å². The van der Waals surface area contributed by atoms with E-state index in [-0.39, 0.29) is 16.7 Å². The van der Waals surface area contributed by atoms with Gasteiger partial charge in [0, 0.05) is 30.4 Å². The Hall–Kier alpha value is -3.02. The van der Waals surface area contributed by atoms with Crippen LogP contribution in [-0.4, -0.2) is 68.4 Å². The van der Waals surface area contributed by atoms with Crippen LogP contribution in [0, 0.1) is 5.92 Å². The lowest BCUT2D eigenvalue weighted by atomic mass is 9.86. The Balaban J connectivity index is 1.61. The number of aromatic nitrogens is 3. The minimum atomic E-state index is -3.57. The fourth-order valence-corrected chi connectivity index (χ4v) is 4.88. The summed E-state index contributed by atoms with van der Waals surface area (Å²) in [6.45, 7) is 1.41. The van der Waals surface area contributed by atoms with Crippen LogP contribution in [0.3, 0.4) is 0 Å². The standard InChI is InChI=1S/C22H29N7O3S/c1-23-33(31,32)16-6-4-5-15(12-16)27-20-19-17-11-14(22(30)24-9-10-29(2)3)7-8-18(17)28-21(19)26-13-25-20/h4-6,12-14,23H,7-11H2,1-3H3,(H,24,30)(H2,25,26,27,28). The van der Waals surface area contributed by atoms with Crippen molar-refractivity contribution in [3.63, 3.8) is 0 Å². The zero-order valence-electron chi connectivity index (χ0n) is 19.0. The maximum absolute atomic E-state index is 12.7. The molecular weight excluding hydrogens is 442 g/mol. The lowest BCUT2D eigenvalue weighted by Gasteiger charge is -2.22. The highest BCUT2D eigenvalue weighted by Gasteiger charge is 2.29. The lowest BCUT2D eigenvalue weighted by molar-refractivity contribution is -0.125. The molecule has 4 rings (SSSR count). The van der Waals surface area contributed by atoms with Crippen LogP contribution in [0.4, 0.5) is 11.5 Å². The number of carbonyl (C=O) groups excluding carboxylic acids is 1. The van der Waals surface area contributed by atoms with Crippen LogP contribution in [0.25, 0.3) is 11.0 Å². The molecule has 11 heteroatoms. The Morgan fingerprint density at radius 2 is 2.09 bits per heavy atom. The van der Waals surface area contributed by atoms with Gasteiger partial charge in [0.05, 0.1) is 10.3 Å². The van der Waals surface area contributed by atoms with Gasteiger partial charge in [-0.1, -0.05) is 6.07 Å². The number of likely N-dealkylation sites (N-methyl/N-ethyl adjacent to an activating group) is 1. The molecule has 3 aromatic rings. The second-order valence-corrected chi connectivity index (χ2v) is 10.3. The smallest absolute Gasteiger partial charge is 0.240 e. The van der Waals surface area contributed by atoms with Gasteiger partial charge >= 0.3 is 0 Å². The van der Waals surface area contributed by atoms with Gasteiger partial charge in [0.25, 0.3) is 0 Å². The summed E-state index contributed by atoms with van der Waals surface area (Å²) in [5.74, 6) is 0.522. The molecule has 176 valence electrons. The molecule has 4 N–H and O–H groups in total. The number of aromatic amines is 1. The van der Waals surface area contributed by atoms with Crippen LogP contribution in [0.5, 0.6) is 0 Å². The van der Waals surface area contributed by atoms with Gasteiger partial charge in [0.2, 0.25) is 15.9 Å². The summed E-state index contributed by atoms with van der Waals surface area (Å²) in [6, 6.07) is 6.54. The van der Waals surface area contributed by atoms with Gasteiger partial charge in [0.15, 0.2) is 0 Å². The highest BCUT2D eigenvalue weighted by Crippen LogP contribution is 2.35. The van der Waals surface area contributed by atoms with Crippen molar-refractivity contribution < 1.29 is 13.2 Å². The fraction of sp³-hybridized carbons (Fsp3) is 0.409. The molecule has 2 aromatic heterocycles. The van der Waals surface area contributed by atoms with Crippen molar-refractivity contribution in [2.24, 2.45) is 5.92 Å². The number of rotatable bonds is 8. The van der Waals surface area contributed by atoms with E-state index in [1.807, 2.05) is 19.0 Å². The molecule has 1 unspecified atom stereocenters. The zero-order valence-corrected chi connectivity index (χ0v) is 19.8. The van der Waals surface area contributed by atoms with Crippen LogP contribution >= 0.6 is 0 Å². The van der Waals surface area contributed by atoms with Crippen LogP contribution in [0.2, 0.25) is 0 Å². The molecule has 0 saturated heterocycles. The van der Waals surface area contributed by atoms with E-state index in [9.17, 15) is 13.2 Å². The Bertz CT molecular complexity index is 1270. The predicted octanol–water partition coefficient (Wildman–Crippen LogP) is 1.39.